The second kappa shape index (κ2) is 7.20. The molecule has 0 saturated carbocycles. The van der Waals surface area contributed by atoms with Gasteiger partial charge >= 0.3 is 0 Å². The number of fused-ring (bicyclic) bond motifs is 1. The Morgan fingerprint density at radius 1 is 1.10 bits per heavy atom. The lowest BCUT2D eigenvalue weighted by Crippen LogP contribution is -2.30. The van der Waals surface area contributed by atoms with Gasteiger partial charge in [0.05, 0.1) is 0 Å². The molecule has 4 heteroatoms. The van der Waals surface area contributed by atoms with Crippen molar-refractivity contribution in [3.05, 3.63) is 34.9 Å². The topological polar surface area (TPSA) is 58.2 Å². The number of Topliss-reactive ketones (excluding diaryl/α,β-unsaturated/α-hetero) is 1. The number of ketones is 1. The van der Waals surface area contributed by atoms with Crippen LogP contribution in [-0.2, 0) is 17.6 Å². The summed E-state index contributed by atoms with van der Waals surface area (Å²) in [6.07, 6.45) is 3.92. The van der Waals surface area contributed by atoms with E-state index in [1.54, 1.807) is 0 Å². The number of carbonyl (C=O) groups excluding carboxylic acids is 2. The zero-order chi connectivity index (χ0) is 14.4. The quantitative estimate of drug-likeness (QED) is 0.585. The monoisotopic (exact) mass is 274 g/mol. The number of benzene rings is 1. The van der Waals surface area contributed by atoms with Gasteiger partial charge in [0.1, 0.15) is 0 Å². The molecule has 0 heterocycles. The van der Waals surface area contributed by atoms with Gasteiger partial charge in [-0.3, -0.25) is 9.59 Å². The molecule has 1 aliphatic rings. The van der Waals surface area contributed by atoms with Gasteiger partial charge in [-0.25, -0.2) is 0 Å². The Bertz CT molecular complexity index is 497. The summed E-state index contributed by atoms with van der Waals surface area (Å²) in [6.45, 7) is 1.34. The van der Waals surface area contributed by atoms with Crippen LogP contribution in [0, 0.1) is 0 Å². The van der Waals surface area contributed by atoms with Crippen LogP contribution in [-0.4, -0.2) is 31.8 Å². The lowest BCUT2D eigenvalue weighted by molar-refractivity contribution is -0.121. The van der Waals surface area contributed by atoms with Gasteiger partial charge in [-0.15, -0.1) is 0 Å². The van der Waals surface area contributed by atoms with Gasteiger partial charge in [-0.2, -0.15) is 0 Å². The lowest BCUT2D eigenvalue weighted by atomic mass is 10.0. The molecular weight excluding hydrogens is 252 g/mol. The summed E-state index contributed by atoms with van der Waals surface area (Å²) in [6, 6.07) is 5.96. The van der Waals surface area contributed by atoms with Crippen LogP contribution in [0.3, 0.4) is 0 Å². The summed E-state index contributed by atoms with van der Waals surface area (Å²) >= 11 is 0. The van der Waals surface area contributed by atoms with Crippen LogP contribution in [0.15, 0.2) is 18.2 Å². The fraction of sp³-hybridized carbons (Fsp3) is 0.500. The molecule has 0 aromatic heterocycles. The molecule has 0 fully saturated rings. The van der Waals surface area contributed by atoms with Crippen LogP contribution >= 0.6 is 0 Å². The summed E-state index contributed by atoms with van der Waals surface area (Å²) < 4.78 is 0. The van der Waals surface area contributed by atoms with E-state index in [2.05, 4.69) is 16.7 Å². The average Bonchev–Trinajstić information content (AvgIpc) is 2.92. The fourth-order valence-electron chi connectivity index (χ4n) is 2.53. The molecule has 0 spiro atoms. The van der Waals surface area contributed by atoms with Crippen LogP contribution in [0.2, 0.25) is 0 Å². The molecule has 20 heavy (non-hydrogen) atoms. The molecule has 108 valence electrons. The molecule has 1 aromatic rings. The van der Waals surface area contributed by atoms with Gasteiger partial charge in [0, 0.05) is 31.5 Å². The van der Waals surface area contributed by atoms with Crippen molar-refractivity contribution in [3.63, 3.8) is 0 Å². The third-order valence-electron chi connectivity index (χ3n) is 3.70. The minimum Gasteiger partial charge on any atom is -0.355 e. The highest BCUT2D eigenvalue weighted by atomic mass is 16.2. The number of amides is 1. The van der Waals surface area contributed by atoms with E-state index in [0.29, 0.717) is 6.54 Å². The molecular formula is C16H22N2O2. The first-order chi connectivity index (χ1) is 9.70. The number of aryl methyl sites for hydroxylation is 2. The first kappa shape index (κ1) is 14.7. The number of likely N-dealkylation sites (N-methyl/N-ethyl adjacent to an activating group) is 1. The van der Waals surface area contributed by atoms with Crippen molar-refractivity contribution < 1.29 is 9.59 Å². The number of rotatable bonds is 7. The van der Waals surface area contributed by atoms with E-state index in [4.69, 9.17) is 0 Å². The summed E-state index contributed by atoms with van der Waals surface area (Å²) in [5, 5.41) is 5.73. The summed E-state index contributed by atoms with van der Waals surface area (Å²) in [5.41, 5.74) is 3.41. The molecule has 0 unspecified atom stereocenters. The second-order valence-corrected chi connectivity index (χ2v) is 5.21. The molecule has 0 saturated heterocycles. The SMILES string of the molecule is CNCCNC(=O)CCC(=O)c1ccc2c(c1)CCC2. The van der Waals surface area contributed by atoms with E-state index in [1.165, 1.54) is 17.5 Å². The normalized spacial score (nSPS) is 13.1. The number of nitrogens with one attached hydrogen (secondary N) is 2. The Labute approximate surface area is 119 Å². The van der Waals surface area contributed by atoms with Crippen molar-refractivity contribution in [1.82, 2.24) is 10.6 Å². The Balaban J connectivity index is 1.81. The van der Waals surface area contributed by atoms with E-state index < -0.39 is 0 Å². The molecule has 0 aliphatic heterocycles. The van der Waals surface area contributed by atoms with Gasteiger partial charge in [0.15, 0.2) is 5.78 Å². The van der Waals surface area contributed by atoms with Gasteiger partial charge in [0.2, 0.25) is 5.91 Å². The first-order valence-electron chi connectivity index (χ1n) is 7.27. The average molecular weight is 274 g/mol. The van der Waals surface area contributed by atoms with E-state index >= 15 is 0 Å². The van der Waals surface area contributed by atoms with E-state index in [0.717, 1.165) is 24.9 Å². The zero-order valence-corrected chi connectivity index (χ0v) is 12.0. The predicted octanol–water partition coefficient (Wildman–Crippen LogP) is 1.47. The van der Waals surface area contributed by atoms with Crippen LogP contribution in [0.5, 0.6) is 0 Å². The minimum atomic E-state index is -0.0604. The zero-order valence-electron chi connectivity index (χ0n) is 12.0. The molecule has 1 aromatic carbocycles. The van der Waals surface area contributed by atoms with Crippen molar-refractivity contribution in [2.75, 3.05) is 20.1 Å². The number of carbonyl (C=O) groups is 2. The molecule has 2 rings (SSSR count). The van der Waals surface area contributed by atoms with Crippen LogP contribution in [0.4, 0.5) is 0 Å². The maximum atomic E-state index is 12.1. The Morgan fingerprint density at radius 2 is 1.90 bits per heavy atom. The summed E-state index contributed by atoms with van der Waals surface area (Å²) in [7, 11) is 1.84. The summed E-state index contributed by atoms with van der Waals surface area (Å²) in [4.78, 5) is 23.6. The highest BCUT2D eigenvalue weighted by molar-refractivity contribution is 5.98. The molecule has 0 radical (unpaired) electrons. The van der Waals surface area contributed by atoms with E-state index in [-0.39, 0.29) is 24.5 Å². The second-order valence-electron chi connectivity index (χ2n) is 5.21. The van der Waals surface area contributed by atoms with Crippen molar-refractivity contribution in [1.29, 1.82) is 0 Å². The van der Waals surface area contributed by atoms with Crippen molar-refractivity contribution in [2.24, 2.45) is 0 Å². The minimum absolute atomic E-state index is 0.0588. The van der Waals surface area contributed by atoms with Crippen molar-refractivity contribution in [3.8, 4) is 0 Å². The molecule has 1 amide bonds. The molecule has 2 N–H and O–H groups in total. The highest BCUT2D eigenvalue weighted by Gasteiger charge is 2.14. The largest absolute Gasteiger partial charge is 0.355 e. The molecule has 0 bridgehead atoms. The third-order valence-corrected chi connectivity index (χ3v) is 3.70. The Hall–Kier alpha value is -1.68. The van der Waals surface area contributed by atoms with Gasteiger partial charge in [-0.05, 0) is 43.5 Å². The fourth-order valence-corrected chi connectivity index (χ4v) is 2.53. The first-order valence-corrected chi connectivity index (χ1v) is 7.27. The molecule has 4 nitrogen and oxygen atoms in total. The Kier molecular flexibility index (Phi) is 5.30. The van der Waals surface area contributed by atoms with Crippen LogP contribution in [0.25, 0.3) is 0 Å². The van der Waals surface area contributed by atoms with E-state index in [9.17, 15) is 9.59 Å². The number of hydrogen-bond donors (Lipinski definition) is 2. The number of hydrogen-bond acceptors (Lipinski definition) is 3. The van der Waals surface area contributed by atoms with E-state index in [1.807, 2.05) is 19.2 Å². The third kappa shape index (κ3) is 3.90. The van der Waals surface area contributed by atoms with Crippen LogP contribution in [0.1, 0.15) is 40.7 Å². The van der Waals surface area contributed by atoms with Crippen molar-refractivity contribution in [2.45, 2.75) is 32.1 Å². The van der Waals surface area contributed by atoms with Crippen molar-refractivity contribution >= 4 is 11.7 Å². The van der Waals surface area contributed by atoms with Crippen LogP contribution < -0.4 is 10.6 Å². The predicted molar refractivity (Wildman–Crippen MR) is 79.0 cm³/mol. The van der Waals surface area contributed by atoms with Gasteiger partial charge in [0.25, 0.3) is 0 Å². The lowest BCUT2D eigenvalue weighted by Gasteiger charge is -2.06. The van der Waals surface area contributed by atoms with Gasteiger partial charge < -0.3 is 10.6 Å². The summed E-state index contributed by atoms with van der Waals surface area (Å²) in [5.74, 6) is -0.00164. The standard InChI is InChI=1S/C16H22N2O2/c1-17-9-10-18-16(20)8-7-15(19)14-6-5-12-3-2-4-13(12)11-14/h5-6,11,17H,2-4,7-10H2,1H3,(H,18,20). The van der Waals surface area contributed by atoms with Gasteiger partial charge in [-0.1, -0.05) is 12.1 Å². The smallest absolute Gasteiger partial charge is 0.220 e. The maximum Gasteiger partial charge on any atom is 0.220 e. The highest BCUT2D eigenvalue weighted by Crippen LogP contribution is 2.23. The molecule has 0 atom stereocenters. The Morgan fingerprint density at radius 3 is 2.70 bits per heavy atom. The maximum absolute atomic E-state index is 12.1. The molecule has 1 aliphatic carbocycles.